The number of piperazine rings is 1. The Morgan fingerprint density at radius 3 is 2.23 bits per heavy atom. The Kier molecular flexibility index (Phi) is 7.86. The van der Waals surface area contributed by atoms with Crippen LogP contribution in [-0.2, 0) is 11.3 Å². The monoisotopic (exact) mass is 532 g/mol. The smallest absolute Gasteiger partial charge is 0.256 e. The SMILES string of the molecule is O=C(NCc1ccc(F)cc1)c1cc(NC(=O)C2CCC2)ccc1N1CCN(C(=O)c2ccccc2F)CC1. The molecule has 0 unspecified atom stereocenters. The van der Waals surface area contributed by atoms with Crippen LogP contribution in [0.3, 0.4) is 0 Å². The van der Waals surface area contributed by atoms with E-state index in [-0.39, 0.29) is 41.6 Å². The molecule has 0 bridgehead atoms. The number of nitrogens with one attached hydrogen (secondary N) is 2. The van der Waals surface area contributed by atoms with Gasteiger partial charge in [0.15, 0.2) is 0 Å². The van der Waals surface area contributed by atoms with Gasteiger partial charge in [-0.2, -0.15) is 0 Å². The first kappa shape index (κ1) is 26.3. The van der Waals surface area contributed by atoms with Crippen molar-refractivity contribution in [1.82, 2.24) is 10.2 Å². The summed E-state index contributed by atoms with van der Waals surface area (Å²) in [6.07, 6.45) is 2.77. The first-order chi connectivity index (χ1) is 18.9. The Balaban J connectivity index is 1.32. The molecule has 39 heavy (non-hydrogen) atoms. The van der Waals surface area contributed by atoms with Crippen LogP contribution in [0.1, 0.15) is 45.5 Å². The summed E-state index contributed by atoms with van der Waals surface area (Å²) in [6.45, 7) is 1.84. The zero-order valence-corrected chi connectivity index (χ0v) is 21.5. The summed E-state index contributed by atoms with van der Waals surface area (Å²) in [4.78, 5) is 42.3. The van der Waals surface area contributed by atoms with E-state index in [1.807, 2.05) is 4.90 Å². The predicted octanol–water partition coefficient (Wildman–Crippen LogP) is 4.60. The summed E-state index contributed by atoms with van der Waals surface area (Å²) in [6, 6.07) is 17.1. The maximum absolute atomic E-state index is 14.1. The lowest BCUT2D eigenvalue weighted by Crippen LogP contribution is -2.49. The van der Waals surface area contributed by atoms with Crippen molar-refractivity contribution >= 4 is 29.1 Å². The van der Waals surface area contributed by atoms with E-state index in [0.29, 0.717) is 43.1 Å². The Morgan fingerprint density at radius 1 is 0.846 bits per heavy atom. The van der Waals surface area contributed by atoms with Crippen LogP contribution in [0.25, 0.3) is 0 Å². The van der Waals surface area contributed by atoms with Gasteiger partial charge < -0.3 is 20.4 Å². The van der Waals surface area contributed by atoms with E-state index in [9.17, 15) is 23.2 Å². The van der Waals surface area contributed by atoms with Gasteiger partial charge in [0.2, 0.25) is 5.91 Å². The minimum atomic E-state index is -0.551. The first-order valence-electron chi connectivity index (χ1n) is 13.2. The fourth-order valence-corrected chi connectivity index (χ4v) is 4.82. The number of benzene rings is 3. The normalized spacial score (nSPS) is 15.4. The molecule has 3 aromatic rings. The molecule has 1 aliphatic carbocycles. The van der Waals surface area contributed by atoms with Crippen molar-refractivity contribution in [2.24, 2.45) is 5.92 Å². The zero-order chi connectivity index (χ0) is 27.4. The number of hydrogen-bond acceptors (Lipinski definition) is 4. The molecule has 0 aromatic heterocycles. The molecule has 1 saturated carbocycles. The third-order valence-corrected chi connectivity index (χ3v) is 7.36. The van der Waals surface area contributed by atoms with E-state index in [1.165, 1.54) is 24.3 Å². The molecule has 0 atom stereocenters. The number of halogens is 2. The summed E-state index contributed by atoms with van der Waals surface area (Å²) in [5.41, 5.74) is 2.39. The maximum atomic E-state index is 14.1. The molecular formula is C30H30F2N4O3. The topological polar surface area (TPSA) is 81.8 Å². The molecule has 1 heterocycles. The van der Waals surface area contributed by atoms with Gasteiger partial charge in [0.05, 0.1) is 11.1 Å². The zero-order valence-electron chi connectivity index (χ0n) is 21.5. The van der Waals surface area contributed by atoms with Crippen molar-refractivity contribution < 1.29 is 23.2 Å². The molecule has 3 amide bonds. The number of amides is 3. The van der Waals surface area contributed by atoms with E-state index in [1.54, 1.807) is 47.4 Å². The highest BCUT2D eigenvalue weighted by Crippen LogP contribution is 2.30. The predicted molar refractivity (Wildman–Crippen MR) is 144 cm³/mol. The van der Waals surface area contributed by atoms with Gasteiger partial charge in [0.1, 0.15) is 11.6 Å². The quantitative estimate of drug-likeness (QED) is 0.466. The number of rotatable bonds is 7. The number of anilines is 2. The summed E-state index contributed by atoms with van der Waals surface area (Å²) < 4.78 is 27.4. The second-order valence-corrected chi connectivity index (χ2v) is 9.92. The molecule has 2 N–H and O–H groups in total. The van der Waals surface area contributed by atoms with Gasteiger partial charge >= 0.3 is 0 Å². The average molecular weight is 533 g/mol. The van der Waals surface area contributed by atoms with Crippen LogP contribution in [0.5, 0.6) is 0 Å². The molecule has 2 aliphatic rings. The van der Waals surface area contributed by atoms with E-state index in [4.69, 9.17) is 0 Å². The number of carbonyl (C=O) groups excluding carboxylic acids is 3. The van der Waals surface area contributed by atoms with Crippen molar-refractivity contribution in [1.29, 1.82) is 0 Å². The summed E-state index contributed by atoms with van der Waals surface area (Å²) >= 11 is 0. The molecule has 9 heteroatoms. The lowest BCUT2D eigenvalue weighted by molar-refractivity contribution is -0.122. The van der Waals surface area contributed by atoms with E-state index >= 15 is 0 Å². The van der Waals surface area contributed by atoms with E-state index in [2.05, 4.69) is 10.6 Å². The molecule has 0 spiro atoms. The lowest BCUT2D eigenvalue weighted by atomic mass is 9.85. The van der Waals surface area contributed by atoms with Crippen LogP contribution >= 0.6 is 0 Å². The molecule has 5 rings (SSSR count). The maximum Gasteiger partial charge on any atom is 0.256 e. The van der Waals surface area contributed by atoms with Gasteiger partial charge in [-0.3, -0.25) is 14.4 Å². The standard InChI is InChI=1S/C30H30F2N4O3/c31-22-10-8-20(9-11-22)19-33-29(38)25-18-23(34-28(37)21-4-3-5-21)12-13-27(25)35-14-16-36(17-15-35)30(39)24-6-1-2-7-26(24)32/h1-2,6-13,18,21H,3-5,14-17,19H2,(H,33,38)(H,34,37). The highest BCUT2D eigenvalue weighted by Gasteiger charge is 2.28. The molecule has 0 radical (unpaired) electrons. The van der Waals surface area contributed by atoms with Gasteiger partial charge in [0.25, 0.3) is 11.8 Å². The molecule has 1 saturated heterocycles. The highest BCUT2D eigenvalue weighted by molar-refractivity contribution is 6.02. The number of carbonyl (C=O) groups is 3. The van der Waals surface area contributed by atoms with Gasteiger partial charge in [0, 0.05) is 50.0 Å². The van der Waals surface area contributed by atoms with Gasteiger partial charge in [-0.15, -0.1) is 0 Å². The van der Waals surface area contributed by atoms with Crippen LogP contribution in [0.15, 0.2) is 66.7 Å². The Hall–Kier alpha value is -4.27. The second-order valence-electron chi connectivity index (χ2n) is 9.92. The summed E-state index contributed by atoms with van der Waals surface area (Å²) in [7, 11) is 0. The summed E-state index contributed by atoms with van der Waals surface area (Å²) in [5.74, 6) is -1.65. The van der Waals surface area contributed by atoms with Crippen LogP contribution in [-0.4, -0.2) is 48.8 Å². The highest BCUT2D eigenvalue weighted by atomic mass is 19.1. The molecule has 202 valence electrons. The Labute approximate surface area is 225 Å². The van der Waals surface area contributed by atoms with Crippen molar-refractivity contribution in [3.8, 4) is 0 Å². The fraction of sp³-hybridized carbons (Fsp3) is 0.300. The third kappa shape index (κ3) is 6.08. The van der Waals surface area contributed by atoms with Gasteiger partial charge in [-0.1, -0.05) is 30.7 Å². The molecular weight excluding hydrogens is 502 g/mol. The molecule has 7 nitrogen and oxygen atoms in total. The largest absolute Gasteiger partial charge is 0.367 e. The minimum absolute atomic E-state index is 0.000458. The average Bonchev–Trinajstić information content (AvgIpc) is 2.91. The number of hydrogen-bond donors (Lipinski definition) is 2. The molecule has 2 fully saturated rings. The molecule has 1 aliphatic heterocycles. The van der Waals surface area contributed by atoms with Crippen LogP contribution < -0.4 is 15.5 Å². The van der Waals surface area contributed by atoms with Gasteiger partial charge in [-0.05, 0) is 60.9 Å². The van der Waals surface area contributed by atoms with E-state index < -0.39 is 5.82 Å². The number of nitrogens with zero attached hydrogens (tertiary/aromatic N) is 2. The summed E-state index contributed by atoms with van der Waals surface area (Å²) in [5, 5.41) is 5.81. The first-order valence-corrected chi connectivity index (χ1v) is 13.2. The third-order valence-electron chi connectivity index (χ3n) is 7.36. The Bertz CT molecular complexity index is 1370. The molecule has 3 aromatic carbocycles. The minimum Gasteiger partial charge on any atom is -0.367 e. The van der Waals surface area contributed by atoms with Crippen LogP contribution in [0, 0.1) is 17.6 Å². The lowest BCUT2D eigenvalue weighted by Gasteiger charge is -2.37. The van der Waals surface area contributed by atoms with Crippen molar-refractivity contribution in [2.75, 3.05) is 36.4 Å². The van der Waals surface area contributed by atoms with E-state index in [0.717, 1.165) is 24.8 Å². The van der Waals surface area contributed by atoms with Crippen molar-refractivity contribution in [3.63, 3.8) is 0 Å². The van der Waals surface area contributed by atoms with Crippen LogP contribution in [0.2, 0.25) is 0 Å². The van der Waals surface area contributed by atoms with Crippen molar-refractivity contribution in [3.05, 3.63) is 95.1 Å². The van der Waals surface area contributed by atoms with Crippen LogP contribution in [0.4, 0.5) is 20.2 Å². The Morgan fingerprint density at radius 2 is 1.56 bits per heavy atom. The van der Waals surface area contributed by atoms with Gasteiger partial charge in [-0.25, -0.2) is 8.78 Å². The second kappa shape index (κ2) is 11.6. The van der Waals surface area contributed by atoms with Crippen molar-refractivity contribution in [2.45, 2.75) is 25.8 Å². The fourth-order valence-electron chi connectivity index (χ4n) is 4.82.